The number of nitrogens with one attached hydrogen (secondary N) is 1. The average Bonchev–Trinajstić information content (AvgIpc) is 2.80. The molecule has 3 fully saturated rings. The van der Waals surface area contributed by atoms with Crippen molar-refractivity contribution < 1.29 is 8.78 Å². The molecule has 0 amide bonds. The second-order valence-electron chi connectivity index (χ2n) is 6.57. The lowest BCUT2D eigenvalue weighted by molar-refractivity contribution is 0.425. The van der Waals surface area contributed by atoms with E-state index >= 15 is 0 Å². The minimum absolute atomic E-state index is 0.106. The van der Waals surface area contributed by atoms with Crippen LogP contribution in [0.2, 0.25) is 0 Å². The van der Waals surface area contributed by atoms with Crippen molar-refractivity contribution in [2.24, 2.45) is 23.7 Å². The van der Waals surface area contributed by atoms with Gasteiger partial charge in [0.2, 0.25) is 0 Å². The highest BCUT2D eigenvalue weighted by molar-refractivity contribution is 5.24. The Kier molecular flexibility index (Phi) is 2.50. The largest absolute Gasteiger partial charge is 0.307 e. The van der Waals surface area contributed by atoms with Crippen LogP contribution in [0, 0.1) is 35.3 Å². The van der Waals surface area contributed by atoms with Crippen LogP contribution >= 0.6 is 0 Å². The Balaban J connectivity index is 1.48. The van der Waals surface area contributed by atoms with Gasteiger partial charge in [0.1, 0.15) is 11.6 Å². The minimum Gasteiger partial charge on any atom is -0.307 e. The van der Waals surface area contributed by atoms with Crippen LogP contribution in [0.1, 0.15) is 37.8 Å². The van der Waals surface area contributed by atoms with Gasteiger partial charge in [-0.1, -0.05) is 0 Å². The molecular weight excluding hydrogens is 244 g/mol. The molecule has 1 aromatic carbocycles. The van der Waals surface area contributed by atoms with Crippen LogP contribution in [-0.4, -0.2) is 6.04 Å². The van der Waals surface area contributed by atoms with E-state index in [0.29, 0.717) is 11.6 Å². The van der Waals surface area contributed by atoms with Gasteiger partial charge in [0.25, 0.3) is 0 Å². The summed E-state index contributed by atoms with van der Waals surface area (Å²) in [6.07, 6.45) is 4.18. The third-order valence-corrected chi connectivity index (χ3v) is 5.60. The van der Waals surface area contributed by atoms with Crippen LogP contribution in [0.5, 0.6) is 0 Å². The van der Waals surface area contributed by atoms with Crippen molar-refractivity contribution >= 4 is 0 Å². The van der Waals surface area contributed by atoms with E-state index < -0.39 is 0 Å². The molecule has 0 aromatic heterocycles. The maximum Gasteiger partial charge on any atom is 0.128 e. The standard InChI is InChI=1S/C16H19F2N/c1-8(12-7-11(17)4-5-13(12)18)19-16-14-9-2-3-10(6-9)15(14)16/h4-5,7-10,14-16,19H,2-3,6H2,1H3. The Labute approximate surface area is 112 Å². The Morgan fingerprint density at radius 3 is 2.53 bits per heavy atom. The molecule has 3 aliphatic carbocycles. The second-order valence-corrected chi connectivity index (χ2v) is 6.57. The quantitative estimate of drug-likeness (QED) is 0.877. The molecule has 0 spiro atoms. The van der Waals surface area contributed by atoms with E-state index in [1.807, 2.05) is 6.92 Å². The molecular formula is C16H19F2N. The molecule has 1 aromatic rings. The van der Waals surface area contributed by atoms with E-state index in [0.717, 1.165) is 23.7 Å². The summed E-state index contributed by atoms with van der Waals surface area (Å²) in [5, 5.41) is 3.53. The van der Waals surface area contributed by atoms with E-state index in [1.54, 1.807) is 0 Å². The first-order chi connectivity index (χ1) is 9.15. The Bertz CT molecular complexity index is 499. The predicted molar refractivity (Wildman–Crippen MR) is 69.5 cm³/mol. The van der Waals surface area contributed by atoms with Gasteiger partial charge in [-0.2, -0.15) is 0 Å². The number of hydrogen-bond donors (Lipinski definition) is 1. The molecule has 2 bridgehead atoms. The van der Waals surface area contributed by atoms with Crippen LogP contribution in [-0.2, 0) is 0 Å². The van der Waals surface area contributed by atoms with Crippen molar-refractivity contribution in [3.63, 3.8) is 0 Å². The monoisotopic (exact) mass is 263 g/mol. The second kappa shape index (κ2) is 4.02. The highest BCUT2D eigenvalue weighted by atomic mass is 19.1. The predicted octanol–water partition coefficient (Wildman–Crippen LogP) is 3.66. The van der Waals surface area contributed by atoms with Gasteiger partial charge in [-0.05, 0) is 68.1 Å². The third kappa shape index (κ3) is 1.74. The number of benzene rings is 1. The molecule has 1 nitrogen and oxygen atoms in total. The summed E-state index contributed by atoms with van der Waals surface area (Å²) in [5.74, 6) is 2.76. The summed E-state index contributed by atoms with van der Waals surface area (Å²) in [7, 11) is 0. The van der Waals surface area contributed by atoms with Gasteiger partial charge < -0.3 is 5.32 Å². The summed E-state index contributed by atoms with van der Waals surface area (Å²) < 4.78 is 27.0. The number of halogens is 2. The Hall–Kier alpha value is -0.960. The molecule has 0 radical (unpaired) electrons. The molecule has 19 heavy (non-hydrogen) atoms. The first-order valence-electron chi connectivity index (χ1n) is 7.36. The molecule has 3 saturated carbocycles. The van der Waals surface area contributed by atoms with E-state index in [4.69, 9.17) is 0 Å². The summed E-state index contributed by atoms with van der Waals surface area (Å²) in [4.78, 5) is 0. The zero-order chi connectivity index (χ0) is 13.1. The van der Waals surface area contributed by atoms with E-state index in [2.05, 4.69) is 5.32 Å². The van der Waals surface area contributed by atoms with Crippen molar-refractivity contribution in [3.8, 4) is 0 Å². The van der Waals surface area contributed by atoms with Crippen LogP contribution < -0.4 is 5.32 Å². The molecule has 3 heteroatoms. The Morgan fingerprint density at radius 1 is 1.16 bits per heavy atom. The van der Waals surface area contributed by atoms with Crippen molar-refractivity contribution in [2.45, 2.75) is 38.3 Å². The lowest BCUT2D eigenvalue weighted by atomic mass is 10.0. The maximum absolute atomic E-state index is 13.7. The number of hydrogen-bond acceptors (Lipinski definition) is 1. The van der Waals surface area contributed by atoms with Gasteiger partial charge in [0.05, 0.1) is 0 Å². The fourth-order valence-electron chi connectivity index (χ4n) is 4.77. The molecule has 102 valence electrons. The first kappa shape index (κ1) is 11.8. The van der Waals surface area contributed by atoms with Crippen molar-refractivity contribution in [1.29, 1.82) is 0 Å². The summed E-state index contributed by atoms with van der Waals surface area (Å²) >= 11 is 0. The normalized spacial score (nSPS) is 40.3. The first-order valence-corrected chi connectivity index (χ1v) is 7.36. The van der Waals surface area contributed by atoms with E-state index in [-0.39, 0.29) is 17.7 Å². The minimum atomic E-state index is -0.360. The lowest BCUT2D eigenvalue weighted by Gasteiger charge is -2.18. The van der Waals surface area contributed by atoms with Crippen LogP contribution in [0.15, 0.2) is 18.2 Å². The van der Waals surface area contributed by atoms with Crippen molar-refractivity contribution in [3.05, 3.63) is 35.4 Å². The summed E-state index contributed by atoms with van der Waals surface area (Å²) in [6.45, 7) is 1.94. The molecule has 1 N–H and O–H groups in total. The fraction of sp³-hybridized carbons (Fsp3) is 0.625. The molecule has 0 aliphatic heterocycles. The molecule has 0 saturated heterocycles. The lowest BCUT2D eigenvalue weighted by Crippen LogP contribution is -2.26. The van der Waals surface area contributed by atoms with Crippen molar-refractivity contribution in [1.82, 2.24) is 5.32 Å². The SMILES string of the molecule is CC(NC1C2C3CCC(C3)C12)c1cc(F)ccc1F. The van der Waals surface area contributed by atoms with Crippen LogP contribution in [0.4, 0.5) is 8.78 Å². The molecule has 5 unspecified atom stereocenters. The van der Waals surface area contributed by atoms with Gasteiger partial charge in [0, 0.05) is 17.6 Å². The Morgan fingerprint density at radius 2 is 1.84 bits per heavy atom. The molecule has 3 aliphatic rings. The summed E-state index contributed by atoms with van der Waals surface area (Å²) in [5.41, 5.74) is 0.456. The third-order valence-electron chi connectivity index (χ3n) is 5.60. The average molecular weight is 263 g/mol. The van der Waals surface area contributed by atoms with Crippen molar-refractivity contribution in [2.75, 3.05) is 0 Å². The fourth-order valence-corrected chi connectivity index (χ4v) is 4.77. The van der Waals surface area contributed by atoms with Gasteiger partial charge in [-0.15, -0.1) is 0 Å². The highest BCUT2D eigenvalue weighted by Crippen LogP contribution is 2.65. The highest BCUT2D eigenvalue weighted by Gasteiger charge is 2.64. The number of rotatable bonds is 3. The molecule has 4 rings (SSSR count). The van der Waals surface area contributed by atoms with Gasteiger partial charge in [0.15, 0.2) is 0 Å². The topological polar surface area (TPSA) is 12.0 Å². The molecule has 5 atom stereocenters. The van der Waals surface area contributed by atoms with Gasteiger partial charge >= 0.3 is 0 Å². The van der Waals surface area contributed by atoms with Gasteiger partial charge in [-0.25, -0.2) is 8.78 Å². The van der Waals surface area contributed by atoms with Crippen LogP contribution in [0.25, 0.3) is 0 Å². The van der Waals surface area contributed by atoms with E-state index in [1.165, 1.54) is 37.5 Å². The molecule has 0 heterocycles. The smallest absolute Gasteiger partial charge is 0.128 e. The van der Waals surface area contributed by atoms with Gasteiger partial charge in [-0.3, -0.25) is 0 Å². The van der Waals surface area contributed by atoms with Crippen LogP contribution in [0.3, 0.4) is 0 Å². The zero-order valence-corrected chi connectivity index (χ0v) is 11.1. The summed E-state index contributed by atoms with van der Waals surface area (Å²) in [6, 6.07) is 4.16. The maximum atomic E-state index is 13.7. The number of fused-ring (bicyclic) bond motifs is 5. The zero-order valence-electron chi connectivity index (χ0n) is 11.1. The van der Waals surface area contributed by atoms with E-state index in [9.17, 15) is 8.78 Å².